The number of hydrogen-bond acceptors (Lipinski definition) is 4. The quantitative estimate of drug-likeness (QED) is 0.436. The van der Waals surface area contributed by atoms with Gasteiger partial charge < -0.3 is 20.9 Å². The van der Waals surface area contributed by atoms with Crippen LogP contribution in [0.4, 0.5) is 11.4 Å². The molecular formula is C21H26ClN5O. The number of rotatable bonds is 6. The minimum atomic E-state index is -0.0413. The minimum absolute atomic E-state index is 0.0413. The van der Waals surface area contributed by atoms with Crippen LogP contribution in [0.2, 0.25) is 5.02 Å². The van der Waals surface area contributed by atoms with Gasteiger partial charge in [0.05, 0.1) is 22.4 Å². The molecule has 1 aliphatic rings. The number of imidazole rings is 1. The van der Waals surface area contributed by atoms with Gasteiger partial charge in [-0.2, -0.15) is 0 Å². The van der Waals surface area contributed by atoms with Crippen molar-refractivity contribution >= 4 is 34.0 Å². The molecule has 0 atom stereocenters. The first-order valence-electron chi connectivity index (χ1n) is 9.82. The molecule has 0 aliphatic carbocycles. The Morgan fingerprint density at radius 3 is 2.75 bits per heavy atom. The number of aromatic nitrogens is 2. The van der Waals surface area contributed by atoms with Crippen LogP contribution in [0.1, 0.15) is 25.3 Å². The summed E-state index contributed by atoms with van der Waals surface area (Å²) in [5.41, 5.74) is 9.45. The van der Waals surface area contributed by atoms with Crippen molar-refractivity contribution in [2.75, 3.05) is 37.2 Å². The fourth-order valence-electron chi connectivity index (χ4n) is 4.05. The van der Waals surface area contributed by atoms with Gasteiger partial charge >= 0.3 is 5.69 Å². The molecule has 0 saturated carbocycles. The molecule has 1 aromatic heterocycles. The molecule has 3 aromatic rings. The summed E-state index contributed by atoms with van der Waals surface area (Å²) in [7, 11) is 0. The SMILES string of the molecule is Nc1ccccc1NCCCN1CCC(n2c(=O)[nH]c3cc(Cl)ccc32)CC1. The first-order chi connectivity index (χ1) is 13.6. The van der Waals surface area contributed by atoms with E-state index in [0.29, 0.717) is 5.02 Å². The molecule has 2 aromatic carbocycles. The normalized spacial score (nSPS) is 15.9. The van der Waals surface area contributed by atoms with Crippen LogP contribution in [0, 0.1) is 0 Å². The summed E-state index contributed by atoms with van der Waals surface area (Å²) < 4.78 is 1.91. The van der Waals surface area contributed by atoms with E-state index in [2.05, 4.69) is 15.2 Å². The Kier molecular flexibility index (Phi) is 5.59. The number of nitrogens with one attached hydrogen (secondary N) is 2. The molecule has 0 spiro atoms. The molecule has 148 valence electrons. The first-order valence-corrected chi connectivity index (χ1v) is 10.2. The smallest absolute Gasteiger partial charge is 0.326 e. The maximum Gasteiger partial charge on any atom is 0.326 e. The van der Waals surface area contributed by atoms with Gasteiger partial charge in [-0.15, -0.1) is 0 Å². The van der Waals surface area contributed by atoms with Crippen molar-refractivity contribution in [1.82, 2.24) is 14.5 Å². The Balaban J connectivity index is 1.29. The molecule has 1 fully saturated rings. The van der Waals surface area contributed by atoms with Gasteiger partial charge in [-0.25, -0.2) is 4.79 Å². The van der Waals surface area contributed by atoms with Gasteiger partial charge in [0, 0.05) is 30.7 Å². The second kappa shape index (κ2) is 8.29. The number of nitrogen functional groups attached to an aromatic ring is 1. The fraction of sp³-hybridized carbons (Fsp3) is 0.381. The number of nitrogens with two attached hydrogens (primary N) is 1. The van der Waals surface area contributed by atoms with Crippen molar-refractivity contribution in [3.63, 3.8) is 0 Å². The number of halogens is 1. The molecule has 28 heavy (non-hydrogen) atoms. The van der Waals surface area contributed by atoms with Crippen LogP contribution < -0.4 is 16.7 Å². The highest BCUT2D eigenvalue weighted by Crippen LogP contribution is 2.26. The van der Waals surface area contributed by atoms with Crippen LogP contribution in [0.3, 0.4) is 0 Å². The molecule has 6 nitrogen and oxygen atoms in total. The molecular weight excluding hydrogens is 374 g/mol. The van der Waals surface area contributed by atoms with Crippen molar-refractivity contribution in [2.45, 2.75) is 25.3 Å². The number of likely N-dealkylation sites (tertiary alicyclic amines) is 1. The van der Waals surface area contributed by atoms with Crippen LogP contribution in [0.5, 0.6) is 0 Å². The monoisotopic (exact) mass is 399 g/mol. The summed E-state index contributed by atoms with van der Waals surface area (Å²) in [6.45, 7) is 3.96. The summed E-state index contributed by atoms with van der Waals surface area (Å²) in [6.07, 6.45) is 3.02. The van der Waals surface area contributed by atoms with E-state index >= 15 is 0 Å². The number of fused-ring (bicyclic) bond motifs is 1. The largest absolute Gasteiger partial charge is 0.397 e. The van der Waals surface area contributed by atoms with E-state index in [9.17, 15) is 4.79 Å². The van der Waals surface area contributed by atoms with E-state index in [1.807, 2.05) is 47.0 Å². The van der Waals surface area contributed by atoms with Crippen LogP contribution in [-0.2, 0) is 0 Å². The van der Waals surface area contributed by atoms with Gasteiger partial charge in [0.1, 0.15) is 0 Å². The third-order valence-electron chi connectivity index (χ3n) is 5.53. The highest BCUT2D eigenvalue weighted by molar-refractivity contribution is 6.31. The second-order valence-corrected chi connectivity index (χ2v) is 7.84. The number of H-pyrrole nitrogens is 1. The zero-order valence-corrected chi connectivity index (χ0v) is 16.6. The molecule has 7 heteroatoms. The third kappa shape index (κ3) is 4.03. The van der Waals surface area contributed by atoms with Gasteiger partial charge in [0.25, 0.3) is 0 Å². The lowest BCUT2D eigenvalue weighted by atomic mass is 10.0. The summed E-state index contributed by atoms with van der Waals surface area (Å²) in [6, 6.07) is 13.7. The van der Waals surface area contributed by atoms with Crippen LogP contribution in [0.25, 0.3) is 11.0 Å². The maximum absolute atomic E-state index is 12.4. The van der Waals surface area contributed by atoms with Gasteiger partial charge in [0.15, 0.2) is 0 Å². The van der Waals surface area contributed by atoms with E-state index < -0.39 is 0 Å². The van der Waals surface area contributed by atoms with Gasteiger partial charge in [-0.3, -0.25) is 4.57 Å². The number of piperidine rings is 1. The average Bonchev–Trinajstić information content (AvgIpc) is 3.02. The molecule has 1 saturated heterocycles. The summed E-state index contributed by atoms with van der Waals surface area (Å²) >= 11 is 6.04. The molecule has 1 aliphatic heterocycles. The zero-order chi connectivity index (χ0) is 19.5. The maximum atomic E-state index is 12.4. The predicted octanol–water partition coefficient (Wildman–Crippen LogP) is 3.70. The van der Waals surface area contributed by atoms with Crippen molar-refractivity contribution < 1.29 is 0 Å². The van der Waals surface area contributed by atoms with Crippen molar-refractivity contribution in [3.05, 3.63) is 58.0 Å². The van der Waals surface area contributed by atoms with Crippen molar-refractivity contribution in [2.24, 2.45) is 0 Å². The summed E-state index contributed by atoms with van der Waals surface area (Å²) in [5.74, 6) is 0. The highest BCUT2D eigenvalue weighted by Gasteiger charge is 2.23. The van der Waals surface area contributed by atoms with E-state index in [1.165, 1.54) is 0 Å². The molecule has 0 amide bonds. The Hall–Kier alpha value is -2.44. The third-order valence-corrected chi connectivity index (χ3v) is 5.76. The Bertz CT molecular complexity index is 1000. The highest BCUT2D eigenvalue weighted by atomic mass is 35.5. The first kappa shape index (κ1) is 18.9. The number of hydrogen-bond donors (Lipinski definition) is 3. The van der Waals surface area contributed by atoms with Gasteiger partial charge in [-0.1, -0.05) is 23.7 Å². The van der Waals surface area contributed by atoms with Gasteiger partial charge in [-0.05, 0) is 56.1 Å². The number of benzene rings is 2. The minimum Gasteiger partial charge on any atom is -0.397 e. The number of para-hydroxylation sites is 2. The molecule has 4 rings (SSSR count). The van der Waals surface area contributed by atoms with Crippen molar-refractivity contribution in [3.8, 4) is 0 Å². The van der Waals surface area contributed by atoms with E-state index in [1.54, 1.807) is 0 Å². The van der Waals surface area contributed by atoms with Crippen LogP contribution in [0.15, 0.2) is 47.3 Å². The Morgan fingerprint density at radius 1 is 1.18 bits per heavy atom. The van der Waals surface area contributed by atoms with E-state index in [4.69, 9.17) is 17.3 Å². The van der Waals surface area contributed by atoms with E-state index in [0.717, 1.165) is 67.8 Å². The lowest BCUT2D eigenvalue weighted by Gasteiger charge is -2.32. The number of aromatic amines is 1. The predicted molar refractivity (Wildman–Crippen MR) is 116 cm³/mol. The van der Waals surface area contributed by atoms with Crippen molar-refractivity contribution in [1.29, 1.82) is 0 Å². The molecule has 0 unspecified atom stereocenters. The Labute approximate surface area is 169 Å². The summed E-state index contributed by atoms with van der Waals surface area (Å²) in [4.78, 5) is 17.8. The molecule has 0 bridgehead atoms. The molecule has 2 heterocycles. The number of anilines is 2. The van der Waals surface area contributed by atoms with Crippen LogP contribution in [-0.4, -0.2) is 40.6 Å². The van der Waals surface area contributed by atoms with Crippen LogP contribution >= 0.6 is 11.6 Å². The number of nitrogens with zero attached hydrogens (tertiary/aromatic N) is 2. The standard InChI is InChI=1S/C21H26ClN5O/c22-15-6-7-20-19(14-15)25-21(28)27(20)16-8-12-26(13-9-16)11-3-10-24-18-5-2-1-4-17(18)23/h1-2,4-7,14,16,24H,3,8-13,23H2,(H,25,28). The fourth-order valence-corrected chi connectivity index (χ4v) is 4.22. The topological polar surface area (TPSA) is 79.1 Å². The lowest BCUT2D eigenvalue weighted by Crippen LogP contribution is -2.37. The molecule has 4 N–H and O–H groups in total. The Morgan fingerprint density at radius 2 is 1.96 bits per heavy atom. The molecule has 0 radical (unpaired) electrons. The second-order valence-electron chi connectivity index (χ2n) is 7.40. The van der Waals surface area contributed by atoms with Gasteiger partial charge in [0.2, 0.25) is 0 Å². The summed E-state index contributed by atoms with van der Waals surface area (Å²) in [5, 5.41) is 4.04. The zero-order valence-electron chi connectivity index (χ0n) is 15.8. The average molecular weight is 400 g/mol. The van der Waals surface area contributed by atoms with E-state index in [-0.39, 0.29) is 11.7 Å². The lowest BCUT2D eigenvalue weighted by molar-refractivity contribution is 0.186.